The van der Waals surface area contributed by atoms with E-state index in [1.165, 1.54) is 18.9 Å². The topological polar surface area (TPSA) is 45.8 Å². The molecular formula is C15H13Br2FN2O. The van der Waals surface area contributed by atoms with E-state index in [9.17, 15) is 9.18 Å². The van der Waals surface area contributed by atoms with Crippen molar-refractivity contribution in [2.45, 2.75) is 31.6 Å². The third-order valence-corrected chi connectivity index (χ3v) is 5.20. The van der Waals surface area contributed by atoms with E-state index in [1.807, 2.05) is 0 Å². The maximum Gasteiger partial charge on any atom is 0.265 e. The van der Waals surface area contributed by atoms with Gasteiger partial charge in [-0.2, -0.15) is 0 Å². The molecular weight excluding hydrogens is 403 g/mol. The van der Waals surface area contributed by atoms with Gasteiger partial charge in [-0.1, -0.05) is 12.8 Å². The van der Waals surface area contributed by atoms with Crippen molar-refractivity contribution in [1.82, 2.24) is 9.97 Å². The van der Waals surface area contributed by atoms with Crippen LogP contribution in [0, 0.1) is 5.82 Å². The van der Waals surface area contributed by atoms with E-state index >= 15 is 0 Å². The Morgan fingerprint density at radius 1 is 1.24 bits per heavy atom. The molecule has 0 saturated heterocycles. The molecule has 1 aliphatic carbocycles. The van der Waals surface area contributed by atoms with E-state index in [1.54, 1.807) is 12.1 Å². The zero-order valence-corrected chi connectivity index (χ0v) is 14.3. The van der Waals surface area contributed by atoms with Gasteiger partial charge in [-0.05, 0) is 62.9 Å². The summed E-state index contributed by atoms with van der Waals surface area (Å²) in [5, 5.41) is 0. The highest BCUT2D eigenvalue weighted by Crippen LogP contribution is 2.36. The fourth-order valence-electron chi connectivity index (χ4n) is 2.73. The Hall–Kier alpha value is -1.01. The molecule has 6 heteroatoms. The van der Waals surface area contributed by atoms with Gasteiger partial charge in [0.1, 0.15) is 16.1 Å². The second kappa shape index (κ2) is 6.01. The van der Waals surface area contributed by atoms with Crippen molar-refractivity contribution in [3.05, 3.63) is 49.0 Å². The van der Waals surface area contributed by atoms with Gasteiger partial charge in [0.15, 0.2) is 0 Å². The number of nitrogens with one attached hydrogen (secondary N) is 1. The first-order chi connectivity index (χ1) is 10.1. The maximum atomic E-state index is 13.3. The molecule has 1 heterocycles. The second-order valence-corrected chi connectivity index (χ2v) is 6.87. The molecule has 1 aliphatic rings. The minimum atomic E-state index is -0.339. The van der Waals surface area contributed by atoms with E-state index in [2.05, 4.69) is 41.8 Å². The van der Waals surface area contributed by atoms with Gasteiger partial charge in [-0.15, -0.1) is 0 Å². The van der Waals surface area contributed by atoms with Gasteiger partial charge in [-0.25, -0.2) is 9.37 Å². The molecule has 0 radical (unpaired) electrons. The van der Waals surface area contributed by atoms with Crippen LogP contribution in [-0.4, -0.2) is 9.97 Å². The molecule has 110 valence electrons. The predicted molar refractivity (Wildman–Crippen MR) is 86.9 cm³/mol. The lowest BCUT2D eigenvalue weighted by Crippen LogP contribution is -2.15. The maximum absolute atomic E-state index is 13.3. The van der Waals surface area contributed by atoms with Crippen LogP contribution in [0.1, 0.15) is 37.3 Å². The van der Waals surface area contributed by atoms with E-state index in [4.69, 9.17) is 0 Å². The summed E-state index contributed by atoms with van der Waals surface area (Å²) < 4.78 is 14.2. The molecule has 2 aromatic rings. The van der Waals surface area contributed by atoms with Crippen LogP contribution in [0.3, 0.4) is 0 Å². The van der Waals surface area contributed by atoms with Crippen LogP contribution in [0.15, 0.2) is 31.9 Å². The Morgan fingerprint density at radius 3 is 2.62 bits per heavy atom. The zero-order valence-electron chi connectivity index (χ0n) is 11.1. The van der Waals surface area contributed by atoms with Crippen molar-refractivity contribution < 1.29 is 4.39 Å². The highest BCUT2D eigenvalue weighted by Gasteiger charge is 2.23. The summed E-state index contributed by atoms with van der Waals surface area (Å²) in [6.07, 6.45) is 4.45. The summed E-state index contributed by atoms with van der Waals surface area (Å²) in [5.41, 5.74) is 1.31. The number of aromatic nitrogens is 2. The van der Waals surface area contributed by atoms with Gasteiger partial charge in [-0.3, -0.25) is 4.79 Å². The summed E-state index contributed by atoms with van der Waals surface area (Å²) in [7, 11) is 0. The Morgan fingerprint density at radius 2 is 1.95 bits per heavy atom. The molecule has 0 aliphatic heterocycles. The van der Waals surface area contributed by atoms with Crippen LogP contribution in [0.5, 0.6) is 0 Å². The van der Waals surface area contributed by atoms with Crippen LogP contribution in [0.2, 0.25) is 0 Å². The number of halogens is 3. The van der Waals surface area contributed by atoms with E-state index in [0.29, 0.717) is 26.3 Å². The number of benzene rings is 1. The summed E-state index contributed by atoms with van der Waals surface area (Å²) in [5.74, 6) is 0.462. The van der Waals surface area contributed by atoms with Crippen molar-refractivity contribution in [3.8, 4) is 11.4 Å². The largest absolute Gasteiger partial charge is 0.306 e. The summed E-state index contributed by atoms with van der Waals surface area (Å²) in [6.45, 7) is 0. The lowest BCUT2D eigenvalue weighted by atomic mass is 10.0. The second-order valence-electron chi connectivity index (χ2n) is 5.22. The lowest BCUT2D eigenvalue weighted by molar-refractivity contribution is 0.621. The van der Waals surface area contributed by atoms with Crippen molar-refractivity contribution in [1.29, 1.82) is 0 Å². The number of H-pyrrole nitrogens is 1. The highest BCUT2D eigenvalue weighted by molar-refractivity contribution is 9.10. The molecule has 0 atom stereocenters. The van der Waals surface area contributed by atoms with Gasteiger partial charge in [0, 0.05) is 11.5 Å². The van der Waals surface area contributed by atoms with Crippen LogP contribution in [0.4, 0.5) is 4.39 Å². The Kier molecular flexibility index (Phi) is 4.26. The van der Waals surface area contributed by atoms with E-state index in [-0.39, 0.29) is 11.4 Å². The predicted octanol–water partition coefficient (Wildman–Crippen LogP) is 4.76. The molecule has 0 unspecified atom stereocenters. The average molecular weight is 416 g/mol. The van der Waals surface area contributed by atoms with Crippen molar-refractivity contribution >= 4 is 31.9 Å². The quantitative estimate of drug-likeness (QED) is 0.768. The van der Waals surface area contributed by atoms with Crippen LogP contribution in [-0.2, 0) is 0 Å². The average Bonchev–Trinajstić information content (AvgIpc) is 2.98. The fraction of sp³-hybridized carbons (Fsp3) is 0.333. The molecule has 21 heavy (non-hydrogen) atoms. The number of nitrogens with zero attached hydrogens (tertiary/aromatic N) is 1. The van der Waals surface area contributed by atoms with Crippen molar-refractivity contribution in [2.75, 3.05) is 0 Å². The normalized spacial score (nSPS) is 15.6. The Balaban J connectivity index is 2.10. The van der Waals surface area contributed by atoms with Gasteiger partial charge in [0.2, 0.25) is 0 Å². The van der Waals surface area contributed by atoms with Gasteiger partial charge >= 0.3 is 0 Å². The van der Waals surface area contributed by atoms with Gasteiger partial charge < -0.3 is 4.98 Å². The number of hydrogen-bond acceptors (Lipinski definition) is 2. The molecule has 0 amide bonds. The third-order valence-electron chi connectivity index (χ3n) is 3.82. The minimum absolute atomic E-state index is 0.192. The van der Waals surface area contributed by atoms with Crippen LogP contribution in [0.25, 0.3) is 11.4 Å². The number of aromatic amines is 1. The first kappa shape index (κ1) is 14.9. The molecule has 1 aromatic carbocycles. The Labute approximate surface area is 138 Å². The third kappa shape index (κ3) is 2.97. The SMILES string of the molecule is O=c1[nH]c(-c2ccc(F)c(Br)c2)nc(C2CCCC2)c1Br. The molecule has 0 spiro atoms. The highest BCUT2D eigenvalue weighted by atomic mass is 79.9. The standard InChI is InChI=1S/C15H13Br2FN2O/c16-10-7-9(5-6-11(10)18)14-19-13(8-3-1-2-4-8)12(17)15(21)20-14/h5-8H,1-4H2,(H,19,20,21). The van der Waals surface area contributed by atoms with E-state index < -0.39 is 0 Å². The summed E-state index contributed by atoms with van der Waals surface area (Å²) in [4.78, 5) is 19.5. The first-order valence-electron chi connectivity index (χ1n) is 6.81. The fourth-order valence-corrected chi connectivity index (χ4v) is 3.62. The molecule has 1 N–H and O–H groups in total. The lowest BCUT2D eigenvalue weighted by Gasteiger charge is -2.12. The van der Waals surface area contributed by atoms with Gasteiger partial charge in [0.05, 0.1) is 10.2 Å². The molecule has 3 nitrogen and oxygen atoms in total. The van der Waals surface area contributed by atoms with Crippen molar-refractivity contribution in [3.63, 3.8) is 0 Å². The summed E-state index contributed by atoms with van der Waals surface area (Å²) >= 11 is 6.50. The van der Waals surface area contributed by atoms with Gasteiger partial charge in [0.25, 0.3) is 5.56 Å². The minimum Gasteiger partial charge on any atom is -0.306 e. The monoisotopic (exact) mass is 414 g/mol. The van der Waals surface area contributed by atoms with Crippen molar-refractivity contribution in [2.24, 2.45) is 0 Å². The molecule has 1 fully saturated rings. The van der Waals surface area contributed by atoms with Crippen LogP contribution >= 0.6 is 31.9 Å². The molecule has 0 bridgehead atoms. The van der Waals surface area contributed by atoms with Crippen LogP contribution < -0.4 is 5.56 Å². The molecule has 1 aromatic heterocycles. The van der Waals surface area contributed by atoms with E-state index in [0.717, 1.165) is 18.5 Å². The zero-order chi connectivity index (χ0) is 15.0. The smallest absolute Gasteiger partial charge is 0.265 e. The Bertz CT molecular complexity index is 739. The molecule has 1 saturated carbocycles. The number of rotatable bonds is 2. The summed E-state index contributed by atoms with van der Waals surface area (Å²) in [6, 6.07) is 4.60. The molecule has 3 rings (SSSR count). The number of hydrogen-bond donors (Lipinski definition) is 1. The first-order valence-corrected chi connectivity index (χ1v) is 8.40.